The van der Waals surface area contributed by atoms with Crippen molar-refractivity contribution in [2.45, 2.75) is 0 Å². The molecule has 0 spiro atoms. The Morgan fingerprint density at radius 1 is 1.53 bits per heavy atom. The molecule has 4 nitrogen and oxygen atoms in total. The molecule has 1 heterocycles. The Labute approximate surface area is 96.1 Å². The van der Waals surface area contributed by atoms with Crippen LogP contribution in [0.1, 0.15) is 0 Å². The number of phenolic OH excluding ortho intramolecular Hbond substituents is 1. The van der Waals surface area contributed by atoms with Crippen LogP contribution in [-0.2, 0) is 7.05 Å². The second kappa shape index (κ2) is 3.67. The highest BCUT2D eigenvalue weighted by atomic mass is 35.5. The maximum atomic E-state index is 9.66. The Morgan fingerprint density at radius 3 is 2.87 bits per heavy atom. The second-order valence-corrected chi connectivity index (χ2v) is 3.90. The molecule has 0 aliphatic carbocycles. The molecule has 0 aliphatic rings. The minimum Gasteiger partial charge on any atom is -0.507 e. The zero-order valence-electron chi connectivity index (χ0n) is 7.86. The van der Waals surface area contributed by atoms with Crippen molar-refractivity contribution in [1.29, 1.82) is 0 Å². The Morgan fingerprint density at radius 2 is 2.27 bits per heavy atom. The van der Waals surface area contributed by atoms with Crippen molar-refractivity contribution >= 4 is 23.8 Å². The van der Waals surface area contributed by atoms with Gasteiger partial charge in [0.2, 0.25) is 0 Å². The summed E-state index contributed by atoms with van der Waals surface area (Å²) in [5.41, 5.74) is 0.553. The molecule has 0 saturated heterocycles. The van der Waals surface area contributed by atoms with Crippen LogP contribution in [-0.4, -0.2) is 19.9 Å². The van der Waals surface area contributed by atoms with E-state index in [1.165, 1.54) is 6.07 Å². The van der Waals surface area contributed by atoms with Crippen molar-refractivity contribution in [3.8, 4) is 17.1 Å². The maximum Gasteiger partial charge on any atom is 0.195 e. The zero-order chi connectivity index (χ0) is 11.0. The summed E-state index contributed by atoms with van der Waals surface area (Å²) in [5.74, 6) is 0.677. The van der Waals surface area contributed by atoms with Crippen molar-refractivity contribution in [3.63, 3.8) is 0 Å². The molecule has 1 aromatic heterocycles. The summed E-state index contributed by atoms with van der Waals surface area (Å²) < 4.78 is 2.16. The lowest BCUT2D eigenvalue weighted by molar-refractivity contribution is 0.476. The summed E-state index contributed by atoms with van der Waals surface area (Å²) in [7, 11) is 1.77. The van der Waals surface area contributed by atoms with E-state index in [-0.39, 0.29) is 5.75 Å². The van der Waals surface area contributed by atoms with E-state index in [0.717, 1.165) is 0 Å². The summed E-state index contributed by atoms with van der Waals surface area (Å²) in [5, 5.41) is 16.9. The van der Waals surface area contributed by atoms with Gasteiger partial charge in [0, 0.05) is 12.1 Å². The highest BCUT2D eigenvalue weighted by Crippen LogP contribution is 2.29. The first-order valence-corrected chi connectivity index (χ1v) is 4.98. The van der Waals surface area contributed by atoms with E-state index in [9.17, 15) is 5.11 Å². The summed E-state index contributed by atoms with van der Waals surface area (Å²) in [6.07, 6.45) is 0. The number of hydrogen-bond donors (Lipinski definition) is 2. The first kappa shape index (κ1) is 10.2. The molecule has 0 fully saturated rings. The number of nitrogens with one attached hydrogen (secondary N) is 1. The van der Waals surface area contributed by atoms with Crippen molar-refractivity contribution < 1.29 is 5.11 Å². The van der Waals surface area contributed by atoms with E-state index >= 15 is 0 Å². The summed E-state index contributed by atoms with van der Waals surface area (Å²) in [6, 6.07) is 4.78. The number of aromatic nitrogens is 3. The fraction of sp³-hybridized carbons (Fsp3) is 0.111. The molecule has 1 aromatic carbocycles. The number of hydrogen-bond acceptors (Lipinski definition) is 3. The molecule has 0 amide bonds. The number of rotatable bonds is 1. The Balaban J connectivity index is 2.68. The van der Waals surface area contributed by atoms with Crippen LogP contribution in [0.25, 0.3) is 11.4 Å². The molecule has 0 aliphatic heterocycles. The van der Waals surface area contributed by atoms with Gasteiger partial charge >= 0.3 is 0 Å². The van der Waals surface area contributed by atoms with Crippen LogP contribution in [0.3, 0.4) is 0 Å². The highest BCUT2D eigenvalue weighted by Gasteiger charge is 2.10. The number of aromatic amines is 1. The quantitative estimate of drug-likeness (QED) is 0.755. The molecule has 0 saturated carbocycles. The van der Waals surface area contributed by atoms with Crippen LogP contribution in [0, 0.1) is 4.77 Å². The smallest absolute Gasteiger partial charge is 0.195 e. The molecule has 0 unspecified atom stereocenters. The van der Waals surface area contributed by atoms with Gasteiger partial charge in [-0.3, -0.25) is 5.10 Å². The molecule has 6 heteroatoms. The van der Waals surface area contributed by atoms with Crippen molar-refractivity contribution in [3.05, 3.63) is 28.0 Å². The number of H-pyrrole nitrogens is 1. The monoisotopic (exact) mass is 241 g/mol. The highest BCUT2D eigenvalue weighted by molar-refractivity contribution is 7.71. The van der Waals surface area contributed by atoms with E-state index in [1.54, 1.807) is 23.7 Å². The first-order chi connectivity index (χ1) is 7.09. The van der Waals surface area contributed by atoms with Crippen LogP contribution >= 0.6 is 23.8 Å². The molecule has 0 atom stereocenters. The number of benzene rings is 1. The van der Waals surface area contributed by atoms with E-state index in [4.69, 9.17) is 23.8 Å². The van der Waals surface area contributed by atoms with Gasteiger partial charge in [-0.2, -0.15) is 5.10 Å². The van der Waals surface area contributed by atoms with Gasteiger partial charge in [0.05, 0.1) is 5.56 Å². The first-order valence-electron chi connectivity index (χ1n) is 4.20. The lowest BCUT2D eigenvalue weighted by Crippen LogP contribution is -1.92. The predicted octanol–water partition coefficient (Wildman–Crippen LogP) is 2.50. The van der Waals surface area contributed by atoms with Crippen molar-refractivity contribution in [1.82, 2.24) is 14.8 Å². The summed E-state index contributed by atoms with van der Waals surface area (Å²) in [4.78, 5) is 0. The fourth-order valence-corrected chi connectivity index (χ4v) is 1.58. The van der Waals surface area contributed by atoms with Gasteiger partial charge < -0.3 is 9.67 Å². The van der Waals surface area contributed by atoms with Crippen molar-refractivity contribution in [2.24, 2.45) is 7.05 Å². The molecular formula is C9H8ClN3OS. The van der Waals surface area contributed by atoms with Crippen LogP contribution in [0.15, 0.2) is 18.2 Å². The predicted molar refractivity (Wildman–Crippen MR) is 60.5 cm³/mol. The lowest BCUT2D eigenvalue weighted by atomic mass is 10.2. The average molecular weight is 242 g/mol. The standard InChI is InChI=1S/C9H8ClN3OS/c1-13-8(11-12-9(13)15)6-4-5(10)2-3-7(6)14/h2-4,14H,1H3,(H,12,15). The normalized spacial score (nSPS) is 10.5. The largest absolute Gasteiger partial charge is 0.507 e. The average Bonchev–Trinajstić information content (AvgIpc) is 2.52. The van der Waals surface area contributed by atoms with Gasteiger partial charge in [-0.1, -0.05) is 11.6 Å². The van der Waals surface area contributed by atoms with Gasteiger partial charge in [-0.05, 0) is 30.4 Å². The molecule has 78 valence electrons. The van der Waals surface area contributed by atoms with Crippen LogP contribution < -0.4 is 0 Å². The van der Waals surface area contributed by atoms with Gasteiger partial charge in [0.1, 0.15) is 5.75 Å². The van der Waals surface area contributed by atoms with E-state index < -0.39 is 0 Å². The zero-order valence-corrected chi connectivity index (χ0v) is 9.43. The molecule has 2 N–H and O–H groups in total. The third-order valence-electron chi connectivity index (χ3n) is 2.08. The minimum absolute atomic E-state index is 0.122. The summed E-state index contributed by atoms with van der Waals surface area (Å²) in [6.45, 7) is 0. The van der Waals surface area contributed by atoms with Crippen LogP contribution in [0.5, 0.6) is 5.75 Å². The van der Waals surface area contributed by atoms with Crippen LogP contribution in [0.2, 0.25) is 5.02 Å². The van der Waals surface area contributed by atoms with Gasteiger partial charge in [0.15, 0.2) is 10.6 Å². The van der Waals surface area contributed by atoms with Gasteiger partial charge in [-0.25, -0.2) is 0 Å². The molecule has 0 radical (unpaired) electrons. The number of halogens is 1. The molecular weight excluding hydrogens is 234 g/mol. The number of phenols is 1. The third-order valence-corrected chi connectivity index (χ3v) is 2.68. The van der Waals surface area contributed by atoms with E-state index in [0.29, 0.717) is 21.2 Å². The Hall–Kier alpha value is -1.33. The van der Waals surface area contributed by atoms with E-state index in [1.807, 2.05) is 0 Å². The minimum atomic E-state index is 0.122. The van der Waals surface area contributed by atoms with E-state index in [2.05, 4.69) is 10.2 Å². The lowest BCUT2D eigenvalue weighted by Gasteiger charge is -2.03. The molecule has 15 heavy (non-hydrogen) atoms. The fourth-order valence-electron chi connectivity index (χ4n) is 1.28. The molecule has 0 bridgehead atoms. The third kappa shape index (κ3) is 1.75. The van der Waals surface area contributed by atoms with Crippen molar-refractivity contribution in [2.75, 3.05) is 0 Å². The van der Waals surface area contributed by atoms with Crippen LogP contribution in [0.4, 0.5) is 0 Å². The maximum absolute atomic E-state index is 9.66. The van der Waals surface area contributed by atoms with Gasteiger partial charge in [-0.15, -0.1) is 0 Å². The SMILES string of the molecule is Cn1c(-c2cc(Cl)ccc2O)n[nH]c1=S. The second-order valence-electron chi connectivity index (χ2n) is 3.07. The molecule has 2 aromatic rings. The summed E-state index contributed by atoms with van der Waals surface area (Å²) >= 11 is 10.8. The Kier molecular flexibility index (Phi) is 2.50. The number of aromatic hydroxyl groups is 1. The number of nitrogens with zero attached hydrogens (tertiary/aromatic N) is 2. The molecule has 2 rings (SSSR count). The topological polar surface area (TPSA) is 53.8 Å². The Bertz CT molecular complexity index is 561. The van der Waals surface area contributed by atoms with Gasteiger partial charge in [0.25, 0.3) is 0 Å².